The molecule has 0 fully saturated rings. The Kier molecular flexibility index (Phi) is 3.32. The minimum absolute atomic E-state index is 0.0505. The van der Waals surface area contributed by atoms with E-state index in [1.165, 1.54) is 18.3 Å². The van der Waals surface area contributed by atoms with Gasteiger partial charge >= 0.3 is 0 Å². The molecule has 0 bridgehead atoms. The van der Waals surface area contributed by atoms with Gasteiger partial charge in [-0.2, -0.15) is 0 Å². The fourth-order valence-electron chi connectivity index (χ4n) is 1.11. The number of sulfonamides is 1. The molecule has 17 heavy (non-hydrogen) atoms. The topological polar surface area (TPSA) is 72.0 Å². The maximum atomic E-state index is 11.9. The molecule has 0 saturated heterocycles. The van der Waals surface area contributed by atoms with Crippen molar-refractivity contribution < 1.29 is 8.42 Å². The van der Waals surface area contributed by atoms with Gasteiger partial charge in [0.05, 0.1) is 4.34 Å². The van der Waals surface area contributed by atoms with Gasteiger partial charge in [0.1, 0.15) is 4.21 Å². The standard InChI is InChI=1S/C9H8ClN3O2S2/c1-6-4-5-11-9(12-6)13-17(14,15)8-3-2-7(10)16-8/h2-5H,1H3,(H,11,12,13). The van der Waals surface area contributed by atoms with Crippen LogP contribution in [0, 0.1) is 6.92 Å². The van der Waals surface area contributed by atoms with E-state index in [4.69, 9.17) is 11.6 Å². The summed E-state index contributed by atoms with van der Waals surface area (Å²) in [5.41, 5.74) is 0.682. The molecule has 0 amide bonds. The Balaban J connectivity index is 2.29. The molecule has 0 spiro atoms. The number of aromatic nitrogens is 2. The highest BCUT2D eigenvalue weighted by Gasteiger charge is 2.17. The Morgan fingerprint density at radius 1 is 1.35 bits per heavy atom. The second-order valence-electron chi connectivity index (χ2n) is 3.19. The van der Waals surface area contributed by atoms with Crippen molar-refractivity contribution >= 4 is 38.9 Å². The van der Waals surface area contributed by atoms with E-state index in [2.05, 4.69) is 14.7 Å². The maximum Gasteiger partial charge on any atom is 0.273 e. The van der Waals surface area contributed by atoms with Gasteiger partial charge in [-0.15, -0.1) is 11.3 Å². The van der Waals surface area contributed by atoms with Gasteiger partial charge in [-0.05, 0) is 25.1 Å². The zero-order valence-electron chi connectivity index (χ0n) is 8.71. The van der Waals surface area contributed by atoms with Crippen LogP contribution in [0.3, 0.4) is 0 Å². The first-order valence-electron chi connectivity index (χ1n) is 4.55. The van der Waals surface area contributed by atoms with Crippen LogP contribution in [0.5, 0.6) is 0 Å². The average molecular weight is 290 g/mol. The van der Waals surface area contributed by atoms with Crippen molar-refractivity contribution in [3.63, 3.8) is 0 Å². The van der Waals surface area contributed by atoms with E-state index in [1.807, 2.05) is 0 Å². The van der Waals surface area contributed by atoms with Crippen molar-refractivity contribution in [1.82, 2.24) is 9.97 Å². The van der Waals surface area contributed by atoms with E-state index in [0.717, 1.165) is 11.3 Å². The molecule has 2 rings (SSSR count). The molecule has 0 atom stereocenters. The van der Waals surface area contributed by atoms with Crippen LogP contribution in [0.15, 0.2) is 28.6 Å². The normalized spacial score (nSPS) is 11.4. The molecule has 0 unspecified atom stereocenters. The molecule has 0 aliphatic heterocycles. The Morgan fingerprint density at radius 3 is 2.71 bits per heavy atom. The molecule has 0 radical (unpaired) electrons. The number of aryl methyl sites for hydroxylation is 1. The van der Waals surface area contributed by atoms with Crippen LogP contribution in [0.25, 0.3) is 0 Å². The van der Waals surface area contributed by atoms with Crippen molar-refractivity contribution in [3.05, 3.63) is 34.4 Å². The number of hydrogen-bond donors (Lipinski definition) is 1. The number of hydrogen-bond acceptors (Lipinski definition) is 5. The van der Waals surface area contributed by atoms with Crippen molar-refractivity contribution in [1.29, 1.82) is 0 Å². The van der Waals surface area contributed by atoms with Gasteiger partial charge in [-0.3, -0.25) is 0 Å². The second kappa shape index (κ2) is 4.59. The molecule has 2 heterocycles. The molecule has 0 aromatic carbocycles. The smallest absolute Gasteiger partial charge is 0.247 e. The van der Waals surface area contributed by atoms with E-state index in [-0.39, 0.29) is 10.2 Å². The van der Waals surface area contributed by atoms with E-state index in [0.29, 0.717) is 10.0 Å². The maximum absolute atomic E-state index is 11.9. The van der Waals surface area contributed by atoms with Crippen molar-refractivity contribution in [3.8, 4) is 0 Å². The third-order valence-electron chi connectivity index (χ3n) is 1.83. The molecular formula is C9H8ClN3O2S2. The van der Waals surface area contributed by atoms with E-state index in [1.54, 1.807) is 13.0 Å². The van der Waals surface area contributed by atoms with E-state index in [9.17, 15) is 8.42 Å². The van der Waals surface area contributed by atoms with Crippen LogP contribution in [-0.2, 0) is 10.0 Å². The van der Waals surface area contributed by atoms with Crippen LogP contribution < -0.4 is 4.72 Å². The van der Waals surface area contributed by atoms with Crippen LogP contribution in [0.2, 0.25) is 4.34 Å². The molecule has 90 valence electrons. The molecule has 5 nitrogen and oxygen atoms in total. The summed E-state index contributed by atoms with van der Waals surface area (Å²) in [7, 11) is -3.65. The van der Waals surface area contributed by atoms with Crippen LogP contribution in [0.1, 0.15) is 5.69 Å². The molecule has 2 aromatic heterocycles. The van der Waals surface area contributed by atoms with Crippen LogP contribution in [-0.4, -0.2) is 18.4 Å². The lowest BCUT2D eigenvalue weighted by Crippen LogP contribution is -2.13. The third kappa shape index (κ3) is 2.93. The highest BCUT2D eigenvalue weighted by molar-refractivity contribution is 7.94. The van der Waals surface area contributed by atoms with Gasteiger partial charge in [0.2, 0.25) is 5.95 Å². The van der Waals surface area contributed by atoms with Crippen molar-refractivity contribution in [2.24, 2.45) is 0 Å². The fraction of sp³-hybridized carbons (Fsp3) is 0.111. The van der Waals surface area contributed by atoms with Crippen molar-refractivity contribution in [2.75, 3.05) is 4.72 Å². The second-order valence-corrected chi connectivity index (χ2v) is 6.81. The van der Waals surface area contributed by atoms with Crippen LogP contribution in [0.4, 0.5) is 5.95 Å². The summed E-state index contributed by atoms with van der Waals surface area (Å²) in [6, 6.07) is 4.64. The van der Waals surface area contributed by atoms with Gasteiger partial charge in [0, 0.05) is 11.9 Å². The molecule has 0 aliphatic rings. The first kappa shape index (κ1) is 12.3. The predicted molar refractivity (Wildman–Crippen MR) is 66.9 cm³/mol. The first-order valence-corrected chi connectivity index (χ1v) is 7.23. The minimum atomic E-state index is -3.65. The monoisotopic (exact) mass is 289 g/mol. The van der Waals surface area contributed by atoms with Gasteiger partial charge in [0.15, 0.2) is 0 Å². The molecular weight excluding hydrogens is 282 g/mol. The quantitative estimate of drug-likeness (QED) is 0.941. The summed E-state index contributed by atoms with van der Waals surface area (Å²) >= 11 is 6.67. The number of anilines is 1. The lowest BCUT2D eigenvalue weighted by molar-refractivity contribution is 0.602. The fourth-order valence-corrected chi connectivity index (χ4v) is 3.54. The Bertz CT molecular complexity index is 639. The van der Waals surface area contributed by atoms with Crippen LogP contribution >= 0.6 is 22.9 Å². The van der Waals surface area contributed by atoms with Gasteiger partial charge in [-0.25, -0.2) is 23.1 Å². The average Bonchev–Trinajstić information content (AvgIpc) is 2.65. The summed E-state index contributed by atoms with van der Waals surface area (Å²) in [5.74, 6) is 0.0505. The van der Waals surface area contributed by atoms with E-state index >= 15 is 0 Å². The number of halogens is 1. The Hall–Kier alpha value is -1.18. The number of thiophene rings is 1. The zero-order chi connectivity index (χ0) is 12.5. The molecule has 0 saturated carbocycles. The summed E-state index contributed by atoms with van der Waals surface area (Å²) in [4.78, 5) is 7.79. The highest BCUT2D eigenvalue weighted by Crippen LogP contribution is 2.26. The predicted octanol–water partition coefficient (Wildman–Crippen LogP) is 2.30. The number of nitrogens with one attached hydrogen (secondary N) is 1. The van der Waals surface area contributed by atoms with Gasteiger partial charge in [-0.1, -0.05) is 11.6 Å². The molecule has 0 aliphatic carbocycles. The van der Waals surface area contributed by atoms with E-state index < -0.39 is 10.0 Å². The first-order chi connectivity index (χ1) is 7.97. The highest BCUT2D eigenvalue weighted by atomic mass is 35.5. The summed E-state index contributed by atoms with van der Waals surface area (Å²) in [6.45, 7) is 1.75. The number of rotatable bonds is 3. The Morgan fingerprint density at radius 2 is 2.12 bits per heavy atom. The Labute approximate surface area is 108 Å². The lowest BCUT2D eigenvalue weighted by Gasteiger charge is -2.04. The van der Waals surface area contributed by atoms with Crippen molar-refractivity contribution in [2.45, 2.75) is 11.1 Å². The largest absolute Gasteiger partial charge is 0.273 e. The minimum Gasteiger partial charge on any atom is -0.247 e. The summed E-state index contributed by atoms with van der Waals surface area (Å²) in [5, 5.41) is 0. The SMILES string of the molecule is Cc1ccnc(NS(=O)(=O)c2ccc(Cl)s2)n1. The summed E-state index contributed by atoms with van der Waals surface area (Å²) < 4.78 is 26.6. The molecule has 8 heteroatoms. The van der Waals surface area contributed by atoms with Gasteiger partial charge in [0.25, 0.3) is 10.0 Å². The molecule has 2 aromatic rings. The van der Waals surface area contributed by atoms with Gasteiger partial charge < -0.3 is 0 Å². The zero-order valence-corrected chi connectivity index (χ0v) is 11.1. The summed E-state index contributed by atoms with van der Waals surface area (Å²) in [6.07, 6.45) is 1.49. The lowest BCUT2D eigenvalue weighted by atomic mass is 10.5. The number of nitrogens with zero attached hydrogens (tertiary/aromatic N) is 2. The third-order valence-corrected chi connectivity index (χ3v) is 4.89. The molecule has 1 N–H and O–H groups in total.